The Morgan fingerprint density at radius 1 is 1.05 bits per heavy atom. The predicted octanol–water partition coefficient (Wildman–Crippen LogP) is 4.68. The van der Waals surface area contributed by atoms with Crippen LogP contribution in [0.4, 0.5) is 5.69 Å². The number of amides is 1. The lowest BCUT2D eigenvalue weighted by Gasteiger charge is -2.10. The van der Waals surface area contributed by atoms with Gasteiger partial charge in [-0.05, 0) is 31.0 Å². The van der Waals surface area contributed by atoms with Crippen LogP contribution in [0.3, 0.4) is 0 Å². The van der Waals surface area contributed by atoms with Gasteiger partial charge >= 0.3 is 0 Å². The normalized spacial score (nSPS) is 10.5. The zero-order chi connectivity index (χ0) is 15.5. The van der Waals surface area contributed by atoms with Crippen LogP contribution >= 0.6 is 11.3 Å². The van der Waals surface area contributed by atoms with E-state index in [1.165, 1.54) is 11.3 Å². The van der Waals surface area contributed by atoms with E-state index in [0.717, 1.165) is 28.1 Å². The second-order valence-corrected chi connectivity index (χ2v) is 5.95. The number of carbonyl (C=O) groups is 1. The first-order chi connectivity index (χ1) is 10.7. The molecule has 0 bridgehead atoms. The maximum atomic E-state index is 12.6. The van der Waals surface area contributed by atoms with Crippen molar-refractivity contribution in [2.75, 3.05) is 5.32 Å². The van der Waals surface area contributed by atoms with Gasteiger partial charge in [0, 0.05) is 11.3 Å². The molecule has 3 rings (SSSR count). The molecule has 0 fully saturated rings. The Morgan fingerprint density at radius 3 is 2.59 bits per heavy atom. The molecule has 22 heavy (non-hydrogen) atoms. The summed E-state index contributed by atoms with van der Waals surface area (Å²) < 4.78 is 0. The van der Waals surface area contributed by atoms with Gasteiger partial charge in [0.25, 0.3) is 5.91 Å². The number of benzene rings is 2. The zero-order valence-corrected chi connectivity index (χ0v) is 13.3. The van der Waals surface area contributed by atoms with E-state index in [9.17, 15) is 4.79 Å². The number of hydrogen-bond acceptors (Lipinski definition) is 3. The van der Waals surface area contributed by atoms with Gasteiger partial charge in [-0.3, -0.25) is 4.79 Å². The fourth-order valence-electron chi connectivity index (χ4n) is 2.27. The summed E-state index contributed by atoms with van der Waals surface area (Å²) in [6, 6.07) is 15.7. The number of thiazole rings is 1. The van der Waals surface area contributed by atoms with Crippen molar-refractivity contribution in [3.63, 3.8) is 0 Å². The monoisotopic (exact) mass is 308 g/mol. The van der Waals surface area contributed by atoms with Crippen LogP contribution in [0.15, 0.2) is 54.0 Å². The minimum atomic E-state index is -0.116. The van der Waals surface area contributed by atoms with Crippen molar-refractivity contribution in [1.82, 2.24) is 4.98 Å². The lowest BCUT2D eigenvalue weighted by atomic mass is 10.1. The fraction of sp³-hybridized carbons (Fsp3) is 0.111. The van der Waals surface area contributed by atoms with Gasteiger partial charge in [-0.25, -0.2) is 4.98 Å². The number of nitrogens with one attached hydrogen (secondary N) is 1. The first kappa shape index (κ1) is 14.5. The number of aryl methyl sites for hydroxylation is 1. The predicted molar refractivity (Wildman–Crippen MR) is 91.4 cm³/mol. The summed E-state index contributed by atoms with van der Waals surface area (Å²) in [5.74, 6) is -0.116. The van der Waals surface area contributed by atoms with E-state index >= 15 is 0 Å². The molecule has 0 atom stereocenters. The van der Waals surface area contributed by atoms with Crippen LogP contribution in [0.25, 0.3) is 11.3 Å². The summed E-state index contributed by atoms with van der Waals surface area (Å²) >= 11 is 1.36. The highest BCUT2D eigenvalue weighted by Gasteiger charge is 2.17. The van der Waals surface area contributed by atoms with Crippen LogP contribution in [-0.4, -0.2) is 10.9 Å². The lowest BCUT2D eigenvalue weighted by Crippen LogP contribution is -2.12. The summed E-state index contributed by atoms with van der Waals surface area (Å²) in [6.45, 7) is 4.04. The van der Waals surface area contributed by atoms with Gasteiger partial charge in [0.05, 0.1) is 11.2 Å². The highest BCUT2D eigenvalue weighted by atomic mass is 32.1. The standard InChI is InChI=1S/C18H16N2OS/c1-12-7-6-10-15(13(12)2)20-18(21)17-16(19-11-22-17)14-8-4-3-5-9-14/h3-11H,1-2H3,(H,20,21). The van der Waals surface area contributed by atoms with E-state index < -0.39 is 0 Å². The summed E-state index contributed by atoms with van der Waals surface area (Å²) in [7, 11) is 0. The molecular formula is C18H16N2OS. The van der Waals surface area contributed by atoms with Gasteiger partial charge in [0.15, 0.2) is 0 Å². The highest BCUT2D eigenvalue weighted by Crippen LogP contribution is 2.27. The Hall–Kier alpha value is -2.46. The average molecular weight is 308 g/mol. The molecule has 4 heteroatoms. The number of nitrogens with zero attached hydrogens (tertiary/aromatic N) is 1. The fourth-order valence-corrected chi connectivity index (χ4v) is 2.98. The Labute approximate surface area is 133 Å². The minimum Gasteiger partial charge on any atom is -0.321 e. The molecule has 110 valence electrons. The van der Waals surface area contributed by atoms with Crippen molar-refractivity contribution in [2.24, 2.45) is 0 Å². The van der Waals surface area contributed by atoms with Crippen LogP contribution in [0.5, 0.6) is 0 Å². The van der Waals surface area contributed by atoms with Gasteiger partial charge in [0.1, 0.15) is 4.88 Å². The Kier molecular flexibility index (Phi) is 4.02. The topological polar surface area (TPSA) is 42.0 Å². The molecule has 0 radical (unpaired) electrons. The molecular weight excluding hydrogens is 292 g/mol. The SMILES string of the molecule is Cc1cccc(NC(=O)c2scnc2-c2ccccc2)c1C. The lowest BCUT2D eigenvalue weighted by molar-refractivity contribution is 0.103. The molecule has 3 nitrogen and oxygen atoms in total. The second-order valence-electron chi connectivity index (χ2n) is 5.10. The van der Waals surface area contributed by atoms with Gasteiger partial charge in [-0.15, -0.1) is 11.3 Å². The quantitative estimate of drug-likeness (QED) is 0.763. The second kappa shape index (κ2) is 6.12. The van der Waals surface area contributed by atoms with Crippen molar-refractivity contribution >= 4 is 22.9 Å². The Morgan fingerprint density at radius 2 is 1.82 bits per heavy atom. The van der Waals surface area contributed by atoms with Crippen molar-refractivity contribution in [3.8, 4) is 11.3 Å². The average Bonchev–Trinajstić information content (AvgIpc) is 3.02. The maximum absolute atomic E-state index is 12.6. The molecule has 3 aromatic rings. The number of carbonyl (C=O) groups excluding carboxylic acids is 1. The van der Waals surface area contributed by atoms with E-state index in [2.05, 4.69) is 10.3 Å². The molecule has 2 aromatic carbocycles. The number of anilines is 1. The van der Waals surface area contributed by atoms with Crippen LogP contribution in [-0.2, 0) is 0 Å². The first-order valence-corrected chi connectivity index (χ1v) is 7.91. The maximum Gasteiger partial charge on any atom is 0.268 e. The van der Waals surface area contributed by atoms with Crippen LogP contribution in [0.1, 0.15) is 20.8 Å². The van der Waals surface area contributed by atoms with Crippen LogP contribution in [0, 0.1) is 13.8 Å². The molecule has 0 saturated heterocycles. The minimum absolute atomic E-state index is 0.116. The zero-order valence-electron chi connectivity index (χ0n) is 12.5. The highest BCUT2D eigenvalue weighted by molar-refractivity contribution is 7.12. The van der Waals surface area contributed by atoms with Crippen molar-refractivity contribution < 1.29 is 4.79 Å². The largest absolute Gasteiger partial charge is 0.321 e. The smallest absolute Gasteiger partial charge is 0.268 e. The van der Waals surface area contributed by atoms with Gasteiger partial charge in [-0.2, -0.15) is 0 Å². The molecule has 1 amide bonds. The van der Waals surface area contributed by atoms with Crippen LogP contribution < -0.4 is 5.32 Å². The number of aromatic nitrogens is 1. The van der Waals surface area contributed by atoms with Crippen LogP contribution in [0.2, 0.25) is 0 Å². The summed E-state index contributed by atoms with van der Waals surface area (Å²) in [4.78, 5) is 17.6. The molecule has 1 heterocycles. The first-order valence-electron chi connectivity index (χ1n) is 7.03. The molecule has 0 aliphatic rings. The Bertz CT molecular complexity index is 809. The van der Waals surface area contributed by atoms with Gasteiger partial charge in [-0.1, -0.05) is 42.5 Å². The molecule has 0 unspecified atom stereocenters. The van der Waals surface area contributed by atoms with E-state index in [-0.39, 0.29) is 5.91 Å². The van der Waals surface area contributed by atoms with Crippen molar-refractivity contribution in [3.05, 3.63) is 70.0 Å². The molecule has 0 aliphatic carbocycles. The van der Waals surface area contributed by atoms with E-state index in [1.54, 1.807) is 5.51 Å². The number of hydrogen-bond donors (Lipinski definition) is 1. The Balaban J connectivity index is 1.91. The third-order valence-electron chi connectivity index (χ3n) is 3.67. The van der Waals surface area contributed by atoms with Crippen molar-refractivity contribution in [1.29, 1.82) is 0 Å². The summed E-state index contributed by atoms with van der Waals surface area (Å²) in [6.07, 6.45) is 0. The molecule has 0 aliphatic heterocycles. The third kappa shape index (κ3) is 2.78. The molecule has 0 saturated carbocycles. The summed E-state index contributed by atoms with van der Waals surface area (Å²) in [5.41, 5.74) is 6.48. The van der Waals surface area contributed by atoms with E-state index in [4.69, 9.17) is 0 Å². The molecule has 1 aromatic heterocycles. The van der Waals surface area contributed by atoms with Crippen molar-refractivity contribution in [2.45, 2.75) is 13.8 Å². The number of rotatable bonds is 3. The van der Waals surface area contributed by atoms with E-state index in [1.807, 2.05) is 62.4 Å². The molecule has 0 spiro atoms. The van der Waals surface area contributed by atoms with Gasteiger partial charge in [0.2, 0.25) is 0 Å². The van der Waals surface area contributed by atoms with E-state index in [0.29, 0.717) is 4.88 Å². The third-order valence-corrected chi connectivity index (χ3v) is 4.50. The van der Waals surface area contributed by atoms with Gasteiger partial charge < -0.3 is 5.32 Å². The summed E-state index contributed by atoms with van der Waals surface area (Å²) in [5, 5.41) is 3.00. The molecule has 1 N–H and O–H groups in total.